The quantitative estimate of drug-likeness (QED) is 0.382. The van der Waals surface area contributed by atoms with Crippen molar-refractivity contribution in [1.82, 2.24) is 24.5 Å². The van der Waals surface area contributed by atoms with Crippen molar-refractivity contribution in [2.75, 3.05) is 48.9 Å². The third-order valence-electron chi connectivity index (χ3n) is 5.84. The highest BCUT2D eigenvalue weighted by atomic mass is 19.1. The lowest BCUT2D eigenvalue weighted by molar-refractivity contribution is 0.0996. The summed E-state index contributed by atoms with van der Waals surface area (Å²) in [5.41, 5.74) is 8.76. The van der Waals surface area contributed by atoms with Crippen LogP contribution >= 0.6 is 0 Å². The molecule has 12 heteroatoms. The van der Waals surface area contributed by atoms with Crippen molar-refractivity contribution in [2.24, 2.45) is 12.8 Å². The van der Waals surface area contributed by atoms with Gasteiger partial charge in [0.25, 0.3) is 5.91 Å². The van der Waals surface area contributed by atoms with Crippen molar-refractivity contribution in [1.29, 1.82) is 0 Å². The Morgan fingerprint density at radius 3 is 2.69 bits per heavy atom. The van der Waals surface area contributed by atoms with Crippen molar-refractivity contribution < 1.29 is 13.9 Å². The molecule has 3 aromatic heterocycles. The van der Waals surface area contributed by atoms with Crippen LogP contribution in [0.25, 0.3) is 22.3 Å². The Bertz CT molecular complexity index is 1420. The van der Waals surface area contributed by atoms with Gasteiger partial charge in [-0.05, 0) is 18.2 Å². The van der Waals surface area contributed by atoms with Gasteiger partial charge in [0.15, 0.2) is 17.3 Å². The molecule has 180 valence electrons. The van der Waals surface area contributed by atoms with Crippen LogP contribution in [-0.4, -0.2) is 63.8 Å². The number of carbonyl (C=O) groups is 1. The van der Waals surface area contributed by atoms with Gasteiger partial charge in [-0.3, -0.25) is 9.78 Å². The predicted octanol–water partition coefficient (Wildman–Crippen LogP) is 2.29. The van der Waals surface area contributed by atoms with Crippen LogP contribution in [0.2, 0.25) is 0 Å². The van der Waals surface area contributed by atoms with E-state index in [1.807, 2.05) is 16.5 Å². The zero-order valence-electron chi connectivity index (χ0n) is 19.2. The maximum absolute atomic E-state index is 15.0. The Morgan fingerprint density at radius 1 is 1.17 bits per heavy atom. The van der Waals surface area contributed by atoms with Gasteiger partial charge >= 0.3 is 0 Å². The van der Waals surface area contributed by atoms with Crippen molar-refractivity contribution in [3.8, 4) is 11.3 Å². The molecule has 1 aliphatic heterocycles. The van der Waals surface area contributed by atoms with E-state index in [2.05, 4.69) is 30.6 Å². The minimum Gasteiger partial charge on any atom is -0.378 e. The Balaban J connectivity index is 1.54. The van der Waals surface area contributed by atoms with E-state index in [0.29, 0.717) is 48.9 Å². The lowest BCUT2D eigenvalue weighted by Gasteiger charge is -2.29. The topological polar surface area (TPSA) is 136 Å². The van der Waals surface area contributed by atoms with Gasteiger partial charge < -0.3 is 30.6 Å². The fraction of sp³-hybridized carbons (Fsp3) is 0.261. The van der Waals surface area contributed by atoms with E-state index in [4.69, 9.17) is 10.5 Å². The van der Waals surface area contributed by atoms with E-state index in [1.54, 1.807) is 37.9 Å². The number of pyridine rings is 1. The number of benzene rings is 1. The Labute approximate surface area is 200 Å². The molecule has 0 unspecified atom stereocenters. The number of hydrogen-bond donors (Lipinski definition) is 3. The van der Waals surface area contributed by atoms with Gasteiger partial charge in [0.05, 0.1) is 42.5 Å². The molecule has 1 aromatic carbocycles. The second kappa shape index (κ2) is 9.14. The maximum Gasteiger partial charge on any atom is 0.271 e. The van der Waals surface area contributed by atoms with Crippen LogP contribution in [0.3, 0.4) is 0 Å². The average Bonchev–Trinajstić information content (AvgIpc) is 3.26. The summed E-state index contributed by atoms with van der Waals surface area (Å²) < 4.78 is 22.2. The number of nitrogens with two attached hydrogens (primary N) is 1. The first-order chi connectivity index (χ1) is 17.0. The summed E-state index contributed by atoms with van der Waals surface area (Å²) in [5.74, 6) is -0.924. The lowest BCUT2D eigenvalue weighted by atomic mass is 10.1. The summed E-state index contributed by atoms with van der Waals surface area (Å²) in [6.45, 7) is 2.57. The Kier molecular flexibility index (Phi) is 5.87. The number of morpholine rings is 1. The number of ether oxygens (including phenoxy) is 1. The molecule has 1 fully saturated rings. The number of primary amides is 1. The number of hydrogen-bond acceptors (Lipinski definition) is 9. The molecule has 0 atom stereocenters. The number of aryl methyl sites for hydroxylation is 1. The van der Waals surface area contributed by atoms with Crippen LogP contribution in [0.4, 0.5) is 27.4 Å². The number of nitrogens with zero attached hydrogens (tertiary/aromatic N) is 6. The van der Waals surface area contributed by atoms with Crippen LogP contribution in [-0.2, 0) is 11.8 Å². The first-order valence-corrected chi connectivity index (χ1v) is 11.0. The monoisotopic (exact) mass is 477 g/mol. The highest BCUT2D eigenvalue weighted by Crippen LogP contribution is 2.33. The Hall–Kier alpha value is -4.32. The molecule has 4 aromatic rings. The standard InChI is InChI=1S/C23H24FN9O2/c1-26-22-19(14-10-27-11-17-18(14)28-12-32(17)2)30-20(21(25)34)23(31-22)29-16-4-3-13(9-15(16)24)33-5-7-35-8-6-33/h3-4,9-12H,5-8H2,1-2H3,(H2,25,34)(H2,26,29,31). The van der Waals surface area contributed by atoms with Crippen LogP contribution in [0, 0.1) is 5.82 Å². The molecule has 0 aliphatic carbocycles. The number of carbonyl (C=O) groups excluding carboxylic acids is 1. The molecular formula is C23H24FN9O2. The van der Waals surface area contributed by atoms with Crippen molar-refractivity contribution >= 4 is 40.0 Å². The normalized spacial score (nSPS) is 13.7. The van der Waals surface area contributed by atoms with Gasteiger partial charge in [0, 0.05) is 39.1 Å². The predicted molar refractivity (Wildman–Crippen MR) is 130 cm³/mol. The summed E-state index contributed by atoms with van der Waals surface area (Å²) in [4.78, 5) is 32.1. The molecule has 1 aliphatic rings. The molecular weight excluding hydrogens is 453 g/mol. The third-order valence-corrected chi connectivity index (χ3v) is 5.84. The number of aromatic nitrogens is 5. The molecule has 0 saturated carbocycles. The van der Waals surface area contributed by atoms with Gasteiger partial charge in [0.1, 0.15) is 17.0 Å². The molecule has 1 amide bonds. The molecule has 0 spiro atoms. The number of nitrogens with one attached hydrogen (secondary N) is 2. The molecule has 11 nitrogen and oxygen atoms in total. The van der Waals surface area contributed by atoms with E-state index < -0.39 is 11.7 Å². The highest BCUT2D eigenvalue weighted by molar-refractivity contribution is 5.99. The van der Waals surface area contributed by atoms with Gasteiger partial charge in [-0.25, -0.2) is 19.3 Å². The minimum absolute atomic E-state index is 0.0322. The van der Waals surface area contributed by atoms with Gasteiger partial charge in [-0.2, -0.15) is 0 Å². The summed E-state index contributed by atoms with van der Waals surface area (Å²) >= 11 is 0. The van der Waals surface area contributed by atoms with Gasteiger partial charge in [-0.15, -0.1) is 0 Å². The van der Waals surface area contributed by atoms with Crippen LogP contribution in [0.1, 0.15) is 10.5 Å². The Morgan fingerprint density at radius 2 is 1.97 bits per heavy atom. The molecule has 4 N–H and O–H groups in total. The number of imidazole rings is 1. The molecule has 1 saturated heterocycles. The summed E-state index contributed by atoms with van der Waals surface area (Å²) in [6, 6.07) is 4.83. The van der Waals surface area contributed by atoms with E-state index >= 15 is 4.39 Å². The van der Waals surface area contributed by atoms with Crippen molar-refractivity contribution in [2.45, 2.75) is 0 Å². The smallest absolute Gasteiger partial charge is 0.271 e. The number of amides is 1. The zero-order valence-corrected chi connectivity index (χ0v) is 19.2. The minimum atomic E-state index is -0.810. The molecule has 35 heavy (non-hydrogen) atoms. The first-order valence-electron chi connectivity index (χ1n) is 11.0. The van der Waals surface area contributed by atoms with E-state index in [-0.39, 0.29) is 17.2 Å². The van der Waals surface area contributed by atoms with Crippen LogP contribution < -0.4 is 21.3 Å². The zero-order chi connectivity index (χ0) is 24.5. The fourth-order valence-electron chi connectivity index (χ4n) is 4.02. The third kappa shape index (κ3) is 4.19. The van der Waals surface area contributed by atoms with E-state index in [1.165, 1.54) is 6.07 Å². The fourth-order valence-corrected chi connectivity index (χ4v) is 4.02. The maximum atomic E-state index is 15.0. The van der Waals surface area contributed by atoms with E-state index in [9.17, 15) is 4.79 Å². The molecule has 5 rings (SSSR count). The molecule has 0 bridgehead atoms. The first kappa shape index (κ1) is 22.5. The van der Waals surface area contributed by atoms with Crippen molar-refractivity contribution in [3.05, 3.63) is 48.4 Å². The van der Waals surface area contributed by atoms with Crippen LogP contribution in [0.15, 0.2) is 36.9 Å². The lowest BCUT2D eigenvalue weighted by Crippen LogP contribution is -2.36. The highest BCUT2D eigenvalue weighted by Gasteiger charge is 2.22. The number of halogens is 1. The summed E-state index contributed by atoms with van der Waals surface area (Å²) in [6.07, 6.45) is 4.95. The molecule has 0 radical (unpaired) electrons. The second-order valence-electron chi connectivity index (χ2n) is 8.03. The van der Waals surface area contributed by atoms with Crippen LogP contribution in [0.5, 0.6) is 0 Å². The number of fused-ring (bicyclic) bond motifs is 1. The number of rotatable bonds is 6. The van der Waals surface area contributed by atoms with Gasteiger partial charge in [0.2, 0.25) is 0 Å². The van der Waals surface area contributed by atoms with Gasteiger partial charge in [-0.1, -0.05) is 0 Å². The second-order valence-corrected chi connectivity index (χ2v) is 8.03. The SMILES string of the molecule is CNc1nc(Nc2ccc(N3CCOCC3)cc2F)c(C(N)=O)nc1-c1cncc2c1ncn2C. The summed E-state index contributed by atoms with van der Waals surface area (Å²) in [7, 11) is 3.52. The molecule has 4 heterocycles. The largest absolute Gasteiger partial charge is 0.378 e. The van der Waals surface area contributed by atoms with E-state index in [0.717, 1.165) is 11.2 Å². The summed E-state index contributed by atoms with van der Waals surface area (Å²) in [5, 5.41) is 5.86. The average molecular weight is 478 g/mol. The van der Waals surface area contributed by atoms with Crippen molar-refractivity contribution in [3.63, 3.8) is 0 Å². The number of anilines is 4.